The molecule has 0 aliphatic rings. The number of rotatable bonds is 6. The fourth-order valence-electron chi connectivity index (χ4n) is 1.03. The third-order valence-electron chi connectivity index (χ3n) is 1.54. The number of aliphatic hydroxyl groups excluding tert-OH is 1. The first kappa shape index (κ1) is 11.3. The van der Waals surface area contributed by atoms with E-state index in [-0.39, 0.29) is 6.10 Å². The molecule has 0 amide bonds. The van der Waals surface area contributed by atoms with Crippen LogP contribution in [0.15, 0.2) is 0 Å². The topological polar surface area (TPSA) is 20.2 Å². The van der Waals surface area contributed by atoms with Crippen molar-refractivity contribution in [3.8, 4) is 0 Å². The Labute approximate surface area is 74.6 Å². The monoisotopic (exact) mass is 176 g/mol. The quantitative estimate of drug-likeness (QED) is 0.628. The molecular weight excluding hydrogens is 156 g/mol. The molecule has 0 rings (SSSR count). The molecule has 0 aliphatic heterocycles. The van der Waals surface area contributed by atoms with Crippen LogP contribution in [0.1, 0.15) is 33.6 Å². The molecule has 0 fully saturated rings. The summed E-state index contributed by atoms with van der Waals surface area (Å²) in [6.45, 7) is 6.45. The van der Waals surface area contributed by atoms with Gasteiger partial charge < -0.3 is 5.11 Å². The van der Waals surface area contributed by atoms with E-state index in [0.29, 0.717) is 5.92 Å². The van der Waals surface area contributed by atoms with Gasteiger partial charge in [-0.05, 0) is 30.3 Å². The van der Waals surface area contributed by atoms with Crippen LogP contribution in [0.25, 0.3) is 0 Å². The van der Waals surface area contributed by atoms with Crippen LogP contribution in [0, 0.1) is 5.92 Å². The molecule has 0 spiro atoms. The Bertz CT molecular complexity index is 83.6. The Morgan fingerprint density at radius 3 is 2.45 bits per heavy atom. The summed E-state index contributed by atoms with van der Waals surface area (Å²) in [6.07, 6.45) is 1.83. The van der Waals surface area contributed by atoms with Crippen LogP contribution in [0.3, 0.4) is 0 Å². The van der Waals surface area contributed by atoms with Crippen molar-refractivity contribution in [2.75, 3.05) is 11.5 Å². The number of hydrogen-bond donors (Lipinski definition) is 1. The third kappa shape index (κ3) is 8.21. The maximum atomic E-state index is 9.43. The van der Waals surface area contributed by atoms with Gasteiger partial charge in [0.1, 0.15) is 0 Å². The van der Waals surface area contributed by atoms with Crippen LogP contribution < -0.4 is 0 Å². The molecule has 0 aliphatic carbocycles. The van der Waals surface area contributed by atoms with Gasteiger partial charge in [0, 0.05) is 0 Å². The normalized spacial score (nSPS) is 13.9. The zero-order chi connectivity index (χ0) is 8.69. The molecule has 0 bridgehead atoms. The molecule has 0 aromatic carbocycles. The van der Waals surface area contributed by atoms with Crippen molar-refractivity contribution in [1.82, 2.24) is 0 Å². The van der Waals surface area contributed by atoms with Crippen LogP contribution in [0.2, 0.25) is 0 Å². The minimum Gasteiger partial charge on any atom is -0.393 e. The lowest BCUT2D eigenvalue weighted by Crippen LogP contribution is -2.10. The minimum absolute atomic E-state index is 0.0750. The van der Waals surface area contributed by atoms with Gasteiger partial charge in [0.25, 0.3) is 0 Å². The van der Waals surface area contributed by atoms with Gasteiger partial charge in [-0.3, -0.25) is 0 Å². The Hall–Kier alpha value is 0.310. The van der Waals surface area contributed by atoms with Crippen LogP contribution >= 0.6 is 11.8 Å². The summed E-state index contributed by atoms with van der Waals surface area (Å²) in [7, 11) is 0. The van der Waals surface area contributed by atoms with Gasteiger partial charge in [-0.1, -0.05) is 20.8 Å². The fourth-order valence-corrected chi connectivity index (χ4v) is 1.75. The average Bonchev–Trinajstić information content (AvgIpc) is 1.86. The Kier molecular flexibility index (Phi) is 7.18. The highest BCUT2D eigenvalue weighted by Gasteiger charge is 2.05. The summed E-state index contributed by atoms with van der Waals surface area (Å²) >= 11 is 1.90. The van der Waals surface area contributed by atoms with Gasteiger partial charge in [-0.25, -0.2) is 0 Å². The molecular formula is C9H20OS. The SMILES string of the molecule is CCSCCC(O)CC(C)C. The van der Waals surface area contributed by atoms with Gasteiger partial charge >= 0.3 is 0 Å². The Morgan fingerprint density at radius 2 is 2.00 bits per heavy atom. The minimum atomic E-state index is -0.0750. The molecule has 11 heavy (non-hydrogen) atoms. The van der Waals surface area contributed by atoms with E-state index in [1.807, 2.05) is 11.8 Å². The maximum Gasteiger partial charge on any atom is 0.0550 e. The smallest absolute Gasteiger partial charge is 0.0550 e. The van der Waals surface area contributed by atoms with E-state index in [9.17, 15) is 5.11 Å². The van der Waals surface area contributed by atoms with E-state index >= 15 is 0 Å². The molecule has 0 saturated carbocycles. The molecule has 1 unspecified atom stereocenters. The fraction of sp³-hybridized carbons (Fsp3) is 1.00. The van der Waals surface area contributed by atoms with E-state index in [4.69, 9.17) is 0 Å². The van der Waals surface area contributed by atoms with E-state index in [0.717, 1.165) is 24.3 Å². The first-order valence-electron chi connectivity index (χ1n) is 4.42. The highest BCUT2D eigenvalue weighted by atomic mass is 32.2. The summed E-state index contributed by atoms with van der Waals surface area (Å²) < 4.78 is 0. The third-order valence-corrected chi connectivity index (χ3v) is 2.48. The van der Waals surface area contributed by atoms with E-state index in [2.05, 4.69) is 20.8 Å². The molecule has 68 valence electrons. The van der Waals surface area contributed by atoms with Crippen molar-refractivity contribution in [2.45, 2.75) is 39.7 Å². The van der Waals surface area contributed by atoms with Gasteiger partial charge in [-0.15, -0.1) is 0 Å². The average molecular weight is 176 g/mol. The van der Waals surface area contributed by atoms with Gasteiger partial charge in [0.05, 0.1) is 6.10 Å². The zero-order valence-electron chi connectivity index (χ0n) is 7.84. The van der Waals surface area contributed by atoms with Crippen molar-refractivity contribution in [1.29, 1.82) is 0 Å². The summed E-state index contributed by atoms with van der Waals surface area (Å²) in [5.41, 5.74) is 0. The second kappa shape index (κ2) is 6.99. The Balaban J connectivity index is 3.15. The van der Waals surface area contributed by atoms with Crippen molar-refractivity contribution in [3.63, 3.8) is 0 Å². The number of thioether (sulfide) groups is 1. The van der Waals surface area contributed by atoms with Crippen LogP contribution in [-0.4, -0.2) is 22.7 Å². The van der Waals surface area contributed by atoms with Crippen LogP contribution in [0.4, 0.5) is 0 Å². The summed E-state index contributed by atoms with van der Waals surface area (Å²) in [5.74, 6) is 2.88. The molecule has 0 aromatic rings. The molecule has 1 N–H and O–H groups in total. The van der Waals surface area contributed by atoms with E-state index < -0.39 is 0 Å². The maximum absolute atomic E-state index is 9.43. The summed E-state index contributed by atoms with van der Waals surface area (Å²) in [5, 5.41) is 9.43. The summed E-state index contributed by atoms with van der Waals surface area (Å²) in [6, 6.07) is 0. The predicted octanol–water partition coefficient (Wildman–Crippen LogP) is 2.54. The second-order valence-electron chi connectivity index (χ2n) is 3.27. The second-order valence-corrected chi connectivity index (χ2v) is 4.66. The molecule has 0 heterocycles. The molecule has 1 nitrogen and oxygen atoms in total. The van der Waals surface area contributed by atoms with Gasteiger partial charge in [0.2, 0.25) is 0 Å². The van der Waals surface area contributed by atoms with E-state index in [1.54, 1.807) is 0 Å². The molecule has 2 heteroatoms. The lowest BCUT2D eigenvalue weighted by Gasteiger charge is -2.11. The first-order valence-corrected chi connectivity index (χ1v) is 5.58. The predicted molar refractivity (Wildman–Crippen MR) is 53.1 cm³/mol. The van der Waals surface area contributed by atoms with Gasteiger partial charge in [-0.2, -0.15) is 11.8 Å². The highest BCUT2D eigenvalue weighted by molar-refractivity contribution is 7.99. The van der Waals surface area contributed by atoms with Crippen molar-refractivity contribution < 1.29 is 5.11 Å². The Morgan fingerprint density at radius 1 is 1.36 bits per heavy atom. The molecule has 0 saturated heterocycles. The highest BCUT2D eigenvalue weighted by Crippen LogP contribution is 2.10. The van der Waals surface area contributed by atoms with E-state index in [1.165, 1.54) is 0 Å². The number of aliphatic hydroxyl groups is 1. The molecule has 0 radical (unpaired) electrons. The van der Waals surface area contributed by atoms with Crippen molar-refractivity contribution >= 4 is 11.8 Å². The summed E-state index contributed by atoms with van der Waals surface area (Å²) in [4.78, 5) is 0. The van der Waals surface area contributed by atoms with Crippen molar-refractivity contribution in [2.24, 2.45) is 5.92 Å². The largest absolute Gasteiger partial charge is 0.393 e. The molecule has 0 aromatic heterocycles. The van der Waals surface area contributed by atoms with Crippen LogP contribution in [0.5, 0.6) is 0 Å². The lowest BCUT2D eigenvalue weighted by atomic mass is 10.0. The standard InChI is InChI=1S/C9H20OS/c1-4-11-6-5-9(10)7-8(2)3/h8-10H,4-7H2,1-3H3. The van der Waals surface area contributed by atoms with Crippen molar-refractivity contribution in [3.05, 3.63) is 0 Å². The molecule has 1 atom stereocenters. The lowest BCUT2D eigenvalue weighted by molar-refractivity contribution is 0.146. The number of hydrogen-bond acceptors (Lipinski definition) is 2. The first-order chi connectivity index (χ1) is 5.16. The van der Waals surface area contributed by atoms with Gasteiger partial charge in [0.15, 0.2) is 0 Å². The van der Waals surface area contributed by atoms with Crippen LogP contribution in [-0.2, 0) is 0 Å². The zero-order valence-corrected chi connectivity index (χ0v) is 8.66.